The highest BCUT2D eigenvalue weighted by Crippen LogP contribution is 2.38. The minimum atomic E-state index is -0.478. The normalized spacial score (nSPS) is 22.5. The molecule has 160 valence electrons. The van der Waals surface area contributed by atoms with Gasteiger partial charge in [-0.3, -0.25) is 4.79 Å². The number of pyridine rings is 2. The molecule has 0 N–H and O–H groups in total. The first-order valence-electron chi connectivity index (χ1n) is 10.4. The van der Waals surface area contributed by atoms with E-state index in [1.807, 2.05) is 17.9 Å². The summed E-state index contributed by atoms with van der Waals surface area (Å²) in [4.78, 5) is 25.4. The van der Waals surface area contributed by atoms with Crippen LogP contribution < -0.4 is 4.74 Å². The number of hydrogen-bond acceptors (Lipinski definition) is 6. The molecule has 1 saturated carbocycles. The summed E-state index contributed by atoms with van der Waals surface area (Å²) in [6.45, 7) is 4.32. The van der Waals surface area contributed by atoms with Crippen LogP contribution in [0.1, 0.15) is 40.7 Å². The highest BCUT2D eigenvalue weighted by Gasteiger charge is 2.45. The van der Waals surface area contributed by atoms with Crippen LogP contribution in [0.25, 0.3) is 5.82 Å². The number of amides is 1. The average Bonchev–Trinajstić information content (AvgIpc) is 3.30. The zero-order valence-corrected chi connectivity index (χ0v) is 17.4. The number of hydrogen-bond donors (Lipinski definition) is 0. The summed E-state index contributed by atoms with van der Waals surface area (Å²) in [7, 11) is 0. The molecule has 3 atom stereocenters. The topological polar surface area (TPSA) is 86.0 Å². The van der Waals surface area contributed by atoms with Crippen molar-refractivity contribution in [3.05, 3.63) is 59.4 Å². The molecular weight excluding hydrogens is 399 g/mol. The van der Waals surface area contributed by atoms with E-state index in [9.17, 15) is 9.18 Å². The summed E-state index contributed by atoms with van der Waals surface area (Å²) >= 11 is 0. The highest BCUT2D eigenvalue weighted by atomic mass is 19.1. The number of halogens is 1. The Morgan fingerprint density at radius 3 is 2.58 bits per heavy atom. The Morgan fingerprint density at radius 1 is 1.10 bits per heavy atom. The molecule has 0 aromatic carbocycles. The number of piperidine rings is 2. The van der Waals surface area contributed by atoms with Crippen molar-refractivity contribution in [3.63, 3.8) is 0 Å². The van der Waals surface area contributed by atoms with Crippen molar-refractivity contribution < 1.29 is 13.9 Å². The maximum absolute atomic E-state index is 14.3. The lowest BCUT2D eigenvalue weighted by Gasteiger charge is -2.49. The van der Waals surface area contributed by atoms with E-state index in [4.69, 9.17) is 4.74 Å². The third-order valence-corrected chi connectivity index (χ3v) is 6.03. The minimum Gasteiger partial charge on any atom is -0.470 e. The quantitative estimate of drug-likeness (QED) is 0.643. The number of nitrogens with zero attached hydrogens (tertiary/aromatic N) is 6. The first-order valence-corrected chi connectivity index (χ1v) is 10.4. The molecule has 9 heteroatoms. The van der Waals surface area contributed by atoms with Crippen molar-refractivity contribution in [3.8, 4) is 11.7 Å². The van der Waals surface area contributed by atoms with Crippen molar-refractivity contribution in [2.45, 2.75) is 45.3 Å². The molecule has 3 aromatic heterocycles. The molecule has 2 aliphatic heterocycles. The van der Waals surface area contributed by atoms with E-state index in [1.54, 1.807) is 31.7 Å². The van der Waals surface area contributed by atoms with Crippen LogP contribution >= 0.6 is 0 Å². The van der Waals surface area contributed by atoms with Crippen molar-refractivity contribution in [1.29, 1.82) is 0 Å². The van der Waals surface area contributed by atoms with Gasteiger partial charge in [0.15, 0.2) is 11.6 Å². The number of aryl methyl sites for hydroxylation is 2. The molecule has 5 heterocycles. The van der Waals surface area contributed by atoms with Gasteiger partial charge in [-0.2, -0.15) is 10.2 Å². The summed E-state index contributed by atoms with van der Waals surface area (Å²) in [5, 5.41) is 8.28. The molecule has 3 aromatic rings. The largest absolute Gasteiger partial charge is 0.470 e. The maximum Gasteiger partial charge on any atom is 0.258 e. The zero-order chi connectivity index (χ0) is 21.5. The Kier molecular flexibility index (Phi) is 4.88. The van der Waals surface area contributed by atoms with E-state index < -0.39 is 5.82 Å². The molecule has 2 bridgehead atoms. The van der Waals surface area contributed by atoms with Gasteiger partial charge in [-0.15, -0.1) is 4.80 Å². The van der Waals surface area contributed by atoms with Gasteiger partial charge in [0.2, 0.25) is 0 Å². The number of aromatic nitrogens is 5. The van der Waals surface area contributed by atoms with E-state index in [0.717, 1.165) is 30.4 Å². The fourth-order valence-electron chi connectivity index (χ4n) is 4.60. The van der Waals surface area contributed by atoms with Crippen LogP contribution in [0.2, 0.25) is 0 Å². The third kappa shape index (κ3) is 3.64. The third-order valence-electron chi connectivity index (χ3n) is 6.03. The van der Waals surface area contributed by atoms with Gasteiger partial charge in [-0.25, -0.2) is 14.4 Å². The Bertz CT molecular complexity index is 1120. The second kappa shape index (κ2) is 7.72. The predicted molar refractivity (Wildman–Crippen MR) is 109 cm³/mol. The SMILES string of the molecule is Cc1cnc(OC2CC3CCC2N(C(=O)c2cc(C)cnc2-n2nccn2)C3)c(F)c1. The molecule has 8 nitrogen and oxygen atoms in total. The van der Waals surface area contributed by atoms with Crippen LogP contribution in [0.4, 0.5) is 4.39 Å². The van der Waals surface area contributed by atoms with Crippen molar-refractivity contribution in [1.82, 2.24) is 29.9 Å². The second-order valence-corrected chi connectivity index (χ2v) is 8.36. The van der Waals surface area contributed by atoms with Gasteiger partial charge in [0, 0.05) is 18.9 Å². The van der Waals surface area contributed by atoms with Crippen molar-refractivity contribution >= 4 is 5.91 Å². The van der Waals surface area contributed by atoms with Gasteiger partial charge in [0.25, 0.3) is 11.8 Å². The van der Waals surface area contributed by atoms with Crippen molar-refractivity contribution in [2.24, 2.45) is 5.92 Å². The molecule has 6 rings (SSSR count). The summed E-state index contributed by atoms with van der Waals surface area (Å²) in [6.07, 6.45) is 8.69. The summed E-state index contributed by atoms with van der Waals surface area (Å²) in [5.74, 6) is 0.0783. The van der Waals surface area contributed by atoms with E-state index in [0.29, 0.717) is 23.8 Å². The summed E-state index contributed by atoms with van der Waals surface area (Å²) < 4.78 is 20.3. The number of carbonyl (C=O) groups excluding carboxylic acids is 1. The fraction of sp³-hybridized carbons (Fsp3) is 0.409. The molecule has 2 saturated heterocycles. The number of rotatable bonds is 4. The van der Waals surface area contributed by atoms with E-state index in [-0.39, 0.29) is 23.9 Å². The molecule has 1 aliphatic carbocycles. The van der Waals surface area contributed by atoms with Crippen LogP contribution in [-0.4, -0.2) is 54.5 Å². The zero-order valence-electron chi connectivity index (χ0n) is 17.4. The smallest absolute Gasteiger partial charge is 0.258 e. The Balaban J connectivity index is 1.44. The average molecular weight is 422 g/mol. The number of fused-ring (bicyclic) bond motifs is 3. The minimum absolute atomic E-state index is 0.00537. The maximum atomic E-state index is 14.3. The number of ether oxygens (including phenoxy) is 1. The second-order valence-electron chi connectivity index (χ2n) is 8.36. The van der Waals surface area contributed by atoms with E-state index in [1.165, 1.54) is 10.9 Å². The first-order chi connectivity index (χ1) is 15.0. The van der Waals surface area contributed by atoms with Gasteiger partial charge in [-0.05, 0) is 62.3 Å². The Hall–Kier alpha value is -3.36. The fourth-order valence-corrected chi connectivity index (χ4v) is 4.60. The number of carbonyl (C=O) groups is 1. The van der Waals surface area contributed by atoms with Crippen LogP contribution in [0.5, 0.6) is 5.88 Å². The molecular formula is C22H23FN6O2. The van der Waals surface area contributed by atoms with Crippen LogP contribution in [0.15, 0.2) is 36.9 Å². The van der Waals surface area contributed by atoms with Crippen molar-refractivity contribution in [2.75, 3.05) is 6.54 Å². The van der Waals surface area contributed by atoms with Gasteiger partial charge in [-0.1, -0.05) is 0 Å². The van der Waals surface area contributed by atoms with Crippen LogP contribution in [-0.2, 0) is 0 Å². The molecule has 3 aliphatic rings. The lowest BCUT2D eigenvalue weighted by atomic mass is 9.77. The molecule has 1 amide bonds. The van der Waals surface area contributed by atoms with Crippen LogP contribution in [0, 0.1) is 25.6 Å². The highest BCUT2D eigenvalue weighted by molar-refractivity contribution is 5.97. The molecule has 0 spiro atoms. The standard InChI is InChI=1S/C22H23FN6O2/c1-13-7-16(20(24-10-13)29-26-5-6-27-29)22(30)28-12-15-3-4-18(28)19(9-15)31-21-17(23)8-14(2)11-25-21/h5-8,10-11,15,18-19H,3-4,9,12H2,1-2H3. The van der Waals surface area contributed by atoms with Gasteiger partial charge < -0.3 is 9.64 Å². The van der Waals surface area contributed by atoms with E-state index in [2.05, 4.69) is 20.2 Å². The van der Waals surface area contributed by atoms with E-state index >= 15 is 0 Å². The van der Waals surface area contributed by atoms with Crippen LogP contribution in [0.3, 0.4) is 0 Å². The lowest BCUT2D eigenvalue weighted by molar-refractivity contribution is -0.0326. The molecule has 3 fully saturated rings. The van der Waals surface area contributed by atoms with Gasteiger partial charge in [0.1, 0.15) is 6.10 Å². The Labute approximate surface area is 179 Å². The Morgan fingerprint density at radius 2 is 1.84 bits per heavy atom. The first kappa shape index (κ1) is 19.6. The lowest BCUT2D eigenvalue weighted by Crippen LogP contribution is -2.59. The van der Waals surface area contributed by atoms with Gasteiger partial charge in [0.05, 0.1) is 24.0 Å². The monoisotopic (exact) mass is 422 g/mol. The molecule has 3 unspecified atom stereocenters. The predicted octanol–water partition coefficient (Wildman–Crippen LogP) is 2.89. The van der Waals surface area contributed by atoms with Gasteiger partial charge >= 0.3 is 0 Å². The summed E-state index contributed by atoms with van der Waals surface area (Å²) in [6, 6.07) is 3.07. The molecule has 0 radical (unpaired) electrons. The molecule has 31 heavy (non-hydrogen) atoms. The summed E-state index contributed by atoms with van der Waals surface area (Å²) in [5.41, 5.74) is 2.06.